The van der Waals surface area contributed by atoms with Crippen molar-refractivity contribution >= 4 is 17.6 Å². The molecule has 90 valence electrons. The Balaban J connectivity index is 2.48. The zero-order valence-electron chi connectivity index (χ0n) is 9.77. The molecule has 4 heteroatoms. The first-order chi connectivity index (χ1) is 8.09. The molecule has 1 N–H and O–H groups in total. The van der Waals surface area contributed by atoms with Gasteiger partial charge in [-0.2, -0.15) is 0 Å². The van der Waals surface area contributed by atoms with Crippen LogP contribution in [-0.2, 0) is 22.4 Å². The highest BCUT2D eigenvalue weighted by Gasteiger charge is 2.23. The maximum atomic E-state index is 11.6. The van der Waals surface area contributed by atoms with E-state index in [4.69, 9.17) is 5.11 Å². The number of aryl methyl sites for hydroxylation is 1. The van der Waals surface area contributed by atoms with Gasteiger partial charge < -0.3 is 10.0 Å². The molecule has 17 heavy (non-hydrogen) atoms. The fourth-order valence-corrected chi connectivity index (χ4v) is 2.35. The monoisotopic (exact) mass is 233 g/mol. The number of hydrogen-bond acceptors (Lipinski definition) is 2. The summed E-state index contributed by atoms with van der Waals surface area (Å²) >= 11 is 0. The molecule has 0 aromatic heterocycles. The first kappa shape index (κ1) is 11.6. The van der Waals surface area contributed by atoms with Gasteiger partial charge in [-0.1, -0.05) is 18.2 Å². The highest BCUT2D eigenvalue weighted by Crippen LogP contribution is 2.31. The number of hydrogen-bond donors (Lipinski definition) is 1. The molecule has 1 amide bonds. The number of carbonyl (C=O) groups excluding carboxylic acids is 1. The lowest BCUT2D eigenvalue weighted by molar-refractivity contribution is -0.136. The van der Waals surface area contributed by atoms with Gasteiger partial charge in [0.05, 0.1) is 12.1 Å². The summed E-state index contributed by atoms with van der Waals surface area (Å²) in [4.78, 5) is 24.1. The average Bonchev–Trinajstić information content (AvgIpc) is 2.27. The Bertz CT molecular complexity index is 468. The molecular weight excluding hydrogens is 218 g/mol. The van der Waals surface area contributed by atoms with Gasteiger partial charge in [0.25, 0.3) is 0 Å². The van der Waals surface area contributed by atoms with E-state index in [0.717, 1.165) is 29.7 Å². The minimum Gasteiger partial charge on any atom is -0.481 e. The number of carboxylic acid groups (broad SMARTS) is 1. The van der Waals surface area contributed by atoms with Crippen molar-refractivity contribution in [1.29, 1.82) is 0 Å². The number of fused-ring (bicyclic) bond motifs is 1. The molecule has 0 unspecified atom stereocenters. The summed E-state index contributed by atoms with van der Waals surface area (Å²) in [6.07, 6.45) is 1.81. The fourth-order valence-electron chi connectivity index (χ4n) is 2.35. The van der Waals surface area contributed by atoms with Crippen molar-refractivity contribution in [2.45, 2.75) is 26.2 Å². The Labute approximate surface area is 99.9 Å². The van der Waals surface area contributed by atoms with Gasteiger partial charge >= 0.3 is 5.97 Å². The molecule has 0 bridgehead atoms. The summed E-state index contributed by atoms with van der Waals surface area (Å²) in [6.45, 7) is 2.20. The molecule has 1 aromatic carbocycles. The summed E-state index contributed by atoms with van der Waals surface area (Å²) in [5.41, 5.74) is 2.61. The lowest BCUT2D eigenvalue weighted by Crippen LogP contribution is -2.34. The molecule has 0 radical (unpaired) electrons. The number of nitrogens with zero attached hydrogens (tertiary/aromatic N) is 1. The molecule has 2 rings (SSSR count). The van der Waals surface area contributed by atoms with Crippen molar-refractivity contribution in [2.24, 2.45) is 0 Å². The standard InChI is InChI=1S/C13H15NO3/c1-9(15)14-7-3-6-10-4-2-5-11(13(10)14)8-12(16)17/h2,4-5H,3,6-8H2,1H3,(H,16,17). The Morgan fingerprint density at radius 2 is 2.18 bits per heavy atom. The smallest absolute Gasteiger partial charge is 0.307 e. The summed E-state index contributed by atoms with van der Waals surface area (Å²) < 4.78 is 0. The molecule has 0 spiro atoms. The van der Waals surface area contributed by atoms with E-state index in [1.54, 1.807) is 11.0 Å². The molecule has 1 aliphatic rings. The molecular formula is C13H15NO3. The van der Waals surface area contributed by atoms with Gasteiger partial charge in [0.2, 0.25) is 5.91 Å². The summed E-state index contributed by atoms with van der Waals surface area (Å²) in [5.74, 6) is -0.892. The van der Waals surface area contributed by atoms with E-state index in [0.29, 0.717) is 6.54 Å². The second-order valence-electron chi connectivity index (χ2n) is 4.27. The van der Waals surface area contributed by atoms with Gasteiger partial charge in [0, 0.05) is 13.5 Å². The first-order valence-corrected chi connectivity index (χ1v) is 5.70. The SMILES string of the molecule is CC(=O)N1CCCc2cccc(CC(=O)O)c21. The number of carboxylic acids is 1. The minimum atomic E-state index is -0.868. The van der Waals surface area contributed by atoms with Gasteiger partial charge in [-0.15, -0.1) is 0 Å². The molecule has 0 atom stereocenters. The van der Waals surface area contributed by atoms with Crippen LogP contribution in [0.2, 0.25) is 0 Å². The lowest BCUT2D eigenvalue weighted by atomic mass is 9.96. The molecule has 4 nitrogen and oxygen atoms in total. The summed E-state index contributed by atoms with van der Waals surface area (Å²) in [6, 6.07) is 5.62. The van der Waals surface area contributed by atoms with Crippen LogP contribution < -0.4 is 4.90 Å². The van der Waals surface area contributed by atoms with Crippen molar-refractivity contribution < 1.29 is 14.7 Å². The largest absolute Gasteiger partial charge is 0.481 e. The van der Waals surface area contributed by atoms with E-state index in [1.807, 2.05) is 12.1 Å². The Kier molecular flexibility index (Phi) is 3.13. The van der Waals surface area contributed by atoms with Crippen LogP contribution >= 0.6 is 0 Å². The maximum Gasteiger partial charge on any atom is 0.307 e. The third kappa shape index (κ3) is 2.30. The summed E-state index contributed by atoms with van der Waals surface area (Å²) in [5, 5.41) is 8.89. The van der Waals surface area contributed by atoms with Crippen molar-refractivity contribution in [2.75, 3.05) is 11.4 Å². The van der Waals surface area contributed by atoms with Crippen LogP contribution in [0.3, 0.4) is 0 Å². The third-order valence-corrected chi connectivity index (χ3v) is 3.02. The van der Waals surface area contributed by atoms with Crippen LogP contribution in [0.1, 0.15) is 24.5 Å². The highest BCUT2D eigenvalue weighted by molar-refractivity contribution is 5.94. The molecule has 0 fully saturated rings. The quantitative estimate of drug-likeness (QED) is 0.844. The number of aliphatic carboxylic acids is 1. The molecule has 1 heterocycles. The second kappa shape index (κ2) is 4.57. The van der Waals surface area contributed by atoms with Crippen LogP contribution in [0.5, 0.6) is 0 Å². The van der Waals surface area contributed by atoms with Crippen molar-refractivity contribution in [3.05, 3.63) is 29.3 Å². The first-order valence-electron chi connectivity index (χ1n) is 5.70. The fraction of sp³-hybridized carbons (Fsp3) is 0.385. The Morgan fingerprint density at radius 3 is 2.82 bits per heavy atom. The number of carbonyl (C=O) groups is 2. The summed E-state index contributed by atoms with van der Waals surface area (Å²) in [7, 11) is 0. The normalized spacial score (nSPS) is 14.3. The highest BCUT2D eigenvalue weighted by atomic mass is 16.4. The molecule has 0 saturated heterocycles. The lowest BCUT2D eigenvalue weighted by Gasteiger charge is -2.30. The number of rotatable bonds is 2. The van der Waals surface area contributed by atoms with E-state index < -0.39 is 5.97 Å². The van der Waals surface area contributed by atoms with E-state index in [2.05, 4.69) is 0 Å². The van der Waals surface area contributed by atoms with Crippen LogP contribution in [0, 0.1) is 0 Å². The van der Waals surface area contributed by atoms with Crippen molar-refractivity contribution in [3.63, 3.8) is 0 Å². The predicted octanol–water partition coefficient (Wildman–Crippen LogP) is 1.61. The number of anilines is 1. The van der Waals surface area contributed by atoms with Crippen LogP contribution in [-0.4, -0.2) is 23.5 Å². The Morgan fingerprint density at radius 1 is 1.41 bits per heavy atom. The van der Waals surface area contributed by atoms with Crippen molar-refractivity contribution in [3.8, 4) is 0 Å². The topological polar surface area (TPSA) is 57.6 Å². The maximum absolute atomic E-state index is 11.6. The zero-order valence-corrected chi connectivity index (χ0v) is 9.77. The van der Waals surface area contributed by atoms with E-state index in [9.17, 15) is 9.59 Å². The van der Waals surface area contributed by atoms with E-state index in [-0.39, 0.29) is 12.3 Å². The molecule has 0 aliphatic carbocycles. The van der Waals surface area contributed by atoms with Gasteiger partial charge in [0.1, 0.15) is 0 Å². The molecule has 1 aromatic rings. The van der Waals surface area contributed by atoms with Crippen LogP contribution in [0.25, 0.3) is 0 Å². The van der Waals surface area contributed by atoms with Gasteiger partial charge in [-0.3, -0.25) is 9.59 Å². The van der Waals surface area contributed by atoms with Crippen molar-refractivity contribution in [1.82, 2.24) is 0 Å². The zero-order chi connectivity index (χ0) is 12.4. The van der Waals surface area contributed by atoms with Gasteiger partial charge in [-0.05, 0) is 24.0 Å². The minimum absolute atomic E-state index is 0.0243. The third-order valence-electron chi connectivity index (χ3n) is 3.02. The van der Waals surface area contributed by atoms with E-state index in [1.165, 1.54) is 6.92 Å². The van der Waals surface area contributed by atoms with E-state index >= 15 is 0 Å². The number of benzene rings is 1. The van der Waals surface area contributed by atoms with Gasteiger partial charge in [-0.25, -0.2) is 0 Å². The Hall–Kier alpha value is -1.84. The van der Waals surface area contributed by atoms with Crippen LogP contribution in [0.4, 0.5) is 5.69 Å². The molecule has 0 saturated carbocycles. The second-order valence-corrected chi connectivity index (χ2v) is 4.27. The van der Waals surface area contributed by atoms with Gasteiger partial charge in [0.15, 0.2) is 0 Å². The number of amides is 1. The molecule has 1 aliphatic heterocycles. The van der Waals surface area contributed by atoms with Crippen LogP contribution in [0.15, 0.2) is 18.2 Å². The predicted molar refractivity (Wildman–Crippen MR) is 64.1 cm³/mol. The average molecular weight is 233 g/mol. The number of para-hydroxylation sites is 1.